The van der Waals surface area contributed by atoms with Crippen LogP contribution in [0.25, 0.3) is 0 Å². The van der Waals surface area contributed by atoms with E-state index in [9.17, 15) is 0 Å². The van der Waals surface area contributed by atoms with Gasteiger partial charge in [-0.2, -0.15) is 0 Å². The molecule has 2 N–H and O–H groups in total. The molecular weight excluding hydrogens is 194 g/mol. The number of hydrogen-bond acceptors (Lipinski definition) is 3. The molecule has 80 valence electrons. The fourth-order valence-electron chi connectivity index (χ4n) is 1.46. The molecule has 0 aliphatic rings. The molecule has 0 spiro atoms. The second-order valence-electron chi connectivity index (χ2n) is 3.71. The molecule has 3 heteroatoms. The highest BCUT2D eigenvalue weighted by Gasteiger charge is 2.15. The van der Waals surface area contributed by atoms with Gasteiger partial charge in [0.2, 0.25) is 0 Å². The Balaban J connectivity index is 2.64. The molecule has 1 rings (SSSR count). The molecule has 1 aromatic rings. The van der Waals surface area contributed by atoms with Gasteiger partial charge in [-0.1, -0.05) is 20.3 Å². The Morgan fingerprint density at radius 1 is 1.57 bits per heavy atom. The van der Waals surface area contributed by atoms with Gasteiger partial charge in [-0.05, 0) is 23.8 Å². The molecule has 0 aliphatic heterocycles. The minimum absolute atomic E-state index is 0.125. The first kappa shape index (κ1) is 11.5. The summed E-state index contributed by atoms with van der Waals surface area (Å²) in [5, 5.41) is 2.03. The SMILES string of the molecule is CCC(C)CC(N)c1sccc1OC. The van der Waals surface area contributed by atoms with Gasteiger partial charge in [0.1, 0.15) is 5.75 Å². The van der Waals surface area contributed by atoms with Gasteiger partial charge in [0, 0.05) is 6.04 Å². The highest BCUT2D eigenvalue weighted by atomic mass is 32.1. The Kier molecular flexibility index (Phi) is 4.42. The van der Waals surface area contributed by atoms with Gasteiger partial charge in [0.15, 0.2) is 0 Å². The van der Waals surface area contributed by atoms with Gasteiger partial charge in [-0.3, -0.25) is 0 Å². The second kappa shape index (κ2) is 5.37. The molecule has 2 atom stereocenters. The molecule has 1 aromatic heterocycles. The van der Waals surface area contributed by atoms with E-state index < -0.39 is 0 Å². The van der Waals surface area contributed by atoms with E-state index in [-0.39, 0.29) is 6.04 Å². The first-order chi connectivity index (χ1) is 6.69. The fourth-order valence-corrected chi connectivity index (χ4v) is 2.33. The standard InChI is InChI=1S/C11H19NOS/c1-4-8(2)7-9(12)11-10(13-3)5-6-14-11/h5-6,8-9H,4,7,12H2,1-3H3. The lowest BCUT2D eigenvalue weighted by Gasteiger charge is -2.15. The summed E-state index contributed by atoms with van der Waals surface area (Å²) in [6.07, 6.45) is 2.22. The smallest absolute Gasteiger partial charge is 0.134 e. The first-order valence-electron chi connectivity index (χ1n) is 5.06. The van der Waals surface area contributed by atoms with Crippen molar-refractivity contribution in [3.05, 3.63) is 16.3 Å². The van der Waals surface area contributed by atoms with E-state index in [1.54, 1.807) is 18.4 Å². The summed E-state index contributed by atoms with van der Waals surface area (Å²) in [6.45, 7) is 4.43. The Morgan fingerprint density at radius 2 is 2.29 bits per heavy atom. The molecule has 0 fully saturated rings. The van der Waals surface area contributed by atoms with Gasteiger partial charge >= 0.3 is 0 Å². The van der Waals surface area contributed by atoms with Crippen LogP contribution < -0.4 is 10.5 Å². The Hall–Kier alpha value is -0.540. The summed E-state index contributed by atoms with van der Waals surface area (Å²) in [5.41, 5.74) is 6.12. The minimum Gasteiger partial charge on any atom is -0.496 e. The van der Waals surface area contributed by atoms with Gasteiger partial charge in [-0.15, -0.1) is 11.3 Å². The molecule has 0 radical (unpaired) electrons. The van der Waals surface area contributed by atoms with Crippen LogP contribution in [0.15, 0.2) is 11.4 Å². The summed E-state index contributed by atoms with van der Waals surface area (Å²) in [5.74, 6) is 1.61. The molecule has 14 heavy (non-hydrogen) atoms. The summed E-state index contributed by atoms with van der Waals surface area (Å²) in [4.78, 5) is 1.17. The molecule has 1 heterocycles. The topological polar surface area (TPSA) is 35.2 Å². The predicted octanol–water partition coefficient (Wildman–Crippen LogP) is 3.19. The largest absolute Gasteiger partial charge is 0.496 e. The second-order valence-corrected chi connectivity index (χ2v) is 4.66. The summed E-state index contributed by atoms with van der Waals surface area (Å²) in [6, 6.07) is 2.11. The van der Waals surface area contributed by atoms with Crippen molar-refractivity contribution in [1.82, 2.24) is 0 Å². The molecule has 0 aromatic carbocycles. The molecular formula is C11H19NOS. The average Bonchev–Trinajstić information content (AvgIpc) is 2.65. The third-order valence-corrected chi connectivity index (χ3v) is 3.60. The van der Waals surface area contributed by atoms with Gasteiger partial charge in [0.05, 0.1) is 12.0 Å². The number of ether oxygens (including phenoxy) is 1. The summed E-state index contributed by atoms with van der Waals surface area (Å²) >= 11 is 1.68. The van der Waals surface area contributed by atoms with Crippen LogP contribution in [0.2, 0.25) is 0 Å². The van der Waals surface area contributed by atoms with Gasteiger partial charge in [0.25, 0.3) is 0 Å². The third kappa shape index (κ3) is 2.72. The van der Waals surface area contributed by atoms with E-state index in [2.05, 4.69) is 13.8 Å². The molecule has 0 bridgehead atoms. The van der Waals surface area contributed by atoms with E-state index in [1.165, 1.54) is 11.3 Å². The van der Waals surface area contributed by atoms with E-state index in [1.807, 2.05) is 11.4 Å². The Morgan fingerprint density at radius 3 is 2.86 bits per heavy atom. The number of methoxy groups -OCH3 is 1. The normalized spacial score (nSPS) is 15.1. The lowest BCUT2D eigenvalue weighted by molar-refractivity contribution is 0.399. The predicted molar refractivity (Wildman–Crippen MR) is 61.9 cm³/mol. The fraction of sp³-hybridized carbons (Fsp3) is 0.636. The number of thiophene rings is 1. The highest BCUT2D eigenvalue weighted by molar-refractivity contribution is 7.10. The lowest BCUT2D eigenvalue weighted by atomic mass is 9.99. The number of rotatable bonds is 5. The van der Waals surface area contributed by atoms with Crippen LogP contribution in [0.3, 0.4) is 0 Å². The zero-order valence-electron chi connectivity index (χ0n) is 9.12. The van der Waals surface area contributed by atoms with Crippen LogP contribution >= 0.6 is 11.3 Å². The molecule has 2 nitrogen and oxygen atoms in total. The molecule has 0 saturated heterocycles. The maximum atomic E-state index is 6.12. The van der Waals surface area contributed by atoms with Crippen molar-refractivity contribution >= 4 is 11.3 Å². The van der Waals surface area contributed by atoms with Crippen LogP contribution in [0.1, 0.15) is 37.6 Å². The molecule has 0 saturated carbocycles. The van der Waals surface area contributed by atoms with Crippen molar-refractivity contribution in [2.45, 2.75) is 32.7 Å². The van der Waals surface area contributed by atoms with E-state index in [4.69, 9.17) is 10.5 Å². The summed E-state index contributed by atoms with van der Waals surface area (Å²) in [7, 11) is 1.70. The van der Waals surface area contributed by atoms with Gasteiger partial charge < -0.3 is 10.5 Å². The lowest BCUT2D eigenvalue weighted by Crippen LogP contribution is -2.13. The number of hydrogen-bond donors (Lipinski definition) is 1. The molecule has 0 amide bonds. The monoisotopic (exact) mass is 213 g/mol. The van der Waals surface area contributed by atoms with Crippen molar-refractivity contribution in [1.29, 1.82) is 0 Å². The van der Waals surface area contributed by atoms with Crippen molar-refractivity contribution in [2.24, 2.45) is 11.7 Å². The first-order valence-corrected chi connectivity index (χ1v) is 5.94. The van der Waals surface area contributed by atoms with Crippen LogP contribution in [0, 0.1) is 5.92 Å². The van der Waals surface area contributed by atoms with Gasteiger partial charge in [-0.25, -0.2) is 0 Å². The maximum Gasteiger partial charge on any atom is 0.134 e. The molecule has 2 unspecified atom stereocenters. The average molecular weight is 213 g/mol. The Labute approximate surface area is 90.1 Å². The van der Waals surface area contributed by atoms with Crippen molar-refractivity contribution in [3.63, 3.8) is 0 Å². The van der Waals surface area contributed by atoms with Crippen LogP contribution in [-0.4, -0.2) is 7.11 Å². The summed E-state index contributed by atoms with van der Waals surface area (Å²) < 4.78 is 5.25. The van der Waals surface area contributed by atoms with Crippen molar-refractivity contribution in [3.8, 4) is 5.75 Å². The van der Waals surface area contributed by atoms with Crippen molar-refractivity contribution in [2.75, 3.05) is 7.11 Å². The van der Waals surface area contributed by atoms with E-state index in [0.717, 1.165) is 12.2 Å². The van der Waals surface area contributed by atoms with Crippen molar-refractivity contribution < 1.29 is 4.74 Å². The minimum atomic E-state index is 0.125. The zero-order valence-corrected chi connectivity index (χ0v) is 9.93. The van der Waals surface area contributed by atoms with E-state index >= 15 is 0 Å². The maximum absolute atomic E-state index is 6.12. The van der Waals surface area contributed by atoms with Crippen LogP contribution in [0.4, 0.5) is 0 Å². The van der Waals surface area contributed by atoms with Crippen LogP contribution in [-0.2, 0) is 0 Å². The zero-order chi connectivity index (χ0) is 10.6. The molecule has 0 aliphatic carbocycles. The highest BCUT2D eigenvalue weighted by Crippen LogP contribution is 2.32. The quantitative estimate of drug-likeness (QED) is 0.815. The number of nitrogens with two attached hydrogens (primary N) is 1. The van der Waals surface area contributed by atoms with Crippen LogP contribution in [0.5, 0.6) is 5.75 Å². The Bertz CT molecular complexity index is 272. The third-order valence-electron chi connectivity index (χ3n) is 2.57. The van der Waals surface area contributed by atoms with E-state index in [0.29, 0.717) is 5.92 Å².